The van der Waals surface area contributed by atoms with Crippen LogP contribution in [0.25, 0.3) is 0 Å². The van der Waals surface area contributed by atoms with E-state index in [-0.39, 0.29) is 11.3 Å². The van der Waals surface area contributed by atoms with Gasteiger partial charge in [-0.2, -0.15) is 0 Å². The molecular weight excluding hydrogens is 262 g/mol. The summed E-state index contributed by atoms with van der Waals surface area (Å²) in [4.78, 5) is 16.1. The van der Waals surface area contributed by atoms with Crippen LogP contribution in [-0.2, 0) is 0 Å². The third-order valence-corrected chi connectivity index (χ3v) is 3.55. The van der Waals surface area contributed by atoms with Gasteiger partial charge in [0.1, 0.15) is 11.0 Å². The van der Waals surface area contributed by atoms with Crippen LogP contribution in [0.1, 0.15) is 38.1 Å². The number of rotatable bonds is 4. The Morgan fingerprint density at radius 1 is 1.42 bits per heavy atom. The number of nitrogens with one attached hydrogen (secondary N) is 2. The maximum absolute atomic E-state index is 12.1. The lowest BCUT2D eigenvalue weighted by Gasteiger charge is -2.27. The van der Waals surface area contributed by atoms with Crippen LogP contribution in [0.3, 0.4) is 0 Å². The molecule has 0 spiro atoms. The van der Waals surface area contributed by atoms with Gasteiger partial charge in [-0.1, -0.05) is 39.3 Å². The monoisotopic (exact) mass is 283 g/mol. The molecule has 0 radical (unpaired) electrons. The van der Waals surface area contributed by atoms with E-state index in [4.69, 9.17) is 11.6 Å². The number of halogens is 1. The Hall–Kier alpha value is -1.29. The van der Waals surface area contributed by atoms with Gasteiger partial charge in [-0.05, 0) is 23.5 Å². The molecule has 1 aromatic heterocycles. The topological polar surface area (TPSA) is 54.0 Å². The smallest absolute Gasteiger partial charge is 0.251 e. The second-order valence-electron chi connectivity index (χ2n) is 5.79. The van der Waals surface area contributed by atoms with E-state index in [1.54, 1.807) is 19.2 Å². The number of amides is 1. The van der Waals surface area contributed by atoms with Crippen molar-refractivity contribution in [3.63, 3.8) is 0 Å². The quantitative estimate of drug-likeness (QED) is 0.835. The first-order valence-corrected chi connectivity index (χ1v) is 6.75. The molecule has 4 nitrogen and oxygen atoms in total. The molecule has 1 atom stereocenters. The highest BCUT2D eigenvalue weighted by molar-refractivity contribution is 6.29. The molecule has 0 aliphatic heterocycles. The summed E-state index contributed by atoms with van der Waals surface area (Å²) in [5.74, 6) is 0.843. The Labute approximate surface area is 120 Å². The second kappa shape index (κ2) is 6.24. The van der Waals surface area contributed by atoms with Gasteiger partial charge in [0.25, 0.3) is 5.91 Å². The average molecular weight is 284 g/mol. The van der Waals surface area contributed by atoms with Gasteiger partial charge >= 0.3 is 0 Å². The zero-order valence-corrected chi connectivity index (χ0v) is 12.9. The Morgan fingerprint density at radius 3 is 2.58 bits per heavy atom. The standard InChI is InChI=1S/C14H22ClN3O/c1-9(14(2,3)4)8-17-13(19)10-6-11(15)18-12(7-10)16-5/h6-7,9H,8H2,1-5H3,(H,16,18)(H,17,19). The number of nitrogens with zero attached hydrogens (tertiary/aromatic N) is 1. The zero-order valence-electron chi connectivity index (χ0n) is 12.2. The first-order valence-electron chi connectivity index (χ1n) is 6.37. The van der Waals surface area contributed by atoms with Crippen molar-refractivity contribution in [1.82, 2.24) is 10.3 Å². The van der Waals surface area contributed by atoms with E-state index in [2.05, 4.69) is 43.3 Å². The highest BCUT2D eigenvalue weighted by Crippen LogP contribution is 2.24. The van der Waals surface area contributed by atoms with Crippen molar-refractivity contribution in [2.45, 2.75) is 27.7 Å². The number of carbonyl (C=O) groups is 1. The summed E-state index contributed by atoms with van der Waals surface area (Å²) in [7, 11) is 1.74. The van der Waals surface area contributed by atoms with Crippen molar-refractivity contribution in [1.29, 1.82) is 0 Å². The van der Waals surface area contributed by atoms with E-state index >= 15 is 0 Å². The molecule has 0 aliphatic rings. The molecule has 0 saturated carbocycles. The van der Waals surface area contributed by atoms with Gasteiger partial charge in [-0.25, -0.2) is 4.98 Å². The summed E-state index contributed by atoms with van der Waals surface area (Å²) in [5, 5.41) is 6.11. The normalized spacial score (nSPS) is 12.9. The van der Waals surface area contributed by atoms with E-state index in [9.17, 15) is 4.79 Å². The fourth-order valence-electron chi connectivity index (χ4n) is 1.41. The van der Waals surface area contributed by atoms with Gasteiger partial charge in [0.2, 0.25) is 0 Å². The number of anilines is 1. The van der Waals surface area contributed by atoms with Gasteiger partial charge in [0.05, 0.1) is 0 Å². The first-order chi connectivity index (χ1) is 8.74. The fourth-order valence-corrected chi connectivity index (χ4v) is 1.62. The van der Waals surface area contributed by atoms with Gasteiger partial charge in [-0.15, -0.1) is 0 Å². The Balaban J connectivity index is 2.71. The minimum Gasteiger partial charge on any atom is -0.373 e. The lowest BCUT2D eigenvalue weighted by atomic mass is 9.82. The molecule has 5 heteroatoms. The van der Waals surface area contributed by atoms with Gasteiger partial charge in [0.15, 0.2) is 0 Å². The minimum atomic E-state index is -0.128. The number of aromatic nitrogens is 1. The molecule has 1 aromatic rings. The Morgan fingerprint density at radius 2 is 2.05 bits per heavy atom. The molecule has 19 heavy (non-hydrogen) atoms. The maximum atomic E-state index is 12.1. The van der Waals surface area contributed by atoms with Crippen molar-refractivity contribution in [2.24, 2.45) is 11.3 Å². The highest BCUT2D eigenvalue weighted by Gasteiger charge is 2.20. The highest BCUT2D eigenvalue weighted by atomic mass is 35.5. The number of hydrogen-bond acceptors (Lipinski definition) is 3. The zero-order chi connectivity index (χ0) is 14.6. The summed E-state index contributed by atoms with van der Waals surface area (Å²) in [5.41, 5.74) is 0.685. The Kier molecular flexibility index (Phi) is 5.18. The molecule has 1 amide bonds. The van der Waals surface area contributed by atoms with Crippen LogP contribution < -0.4 is 10.6 Å². The van der Waals surface area contributed by atoms with Crippen LogP contribution in [0, 0.1) is 11.3 Å². The van der Waals surface area contributed by atoms with Gasteiger partial charge in [-0.3, -0.25) is 4.79 Å². The van der Waals surface area contributed by atoms with Crippen LogP contribution in [0.15, 0.2) is 12.1 Å². The third-order valence-electron chi connectivity index (χ3n) is 3.36. The molecule has 1 heterocycles. The molecule has 0 bridgehead atoms. The van der Waals surface area contributed by atoms with E-state index < -0.39 is 0 Å². The summed E-state index contributed by atoms with van der Waals surface area (Å²) >= 11 is 5.88. The minimum absolute atomic E-state index is 0.128. The maximum Gasteiger partial charge on any atom is 0.251 e. The van der Waals surface area contributed by atoms with E-state index in [0.29, 0.717) is 29.0 Å². The summed E-state index contributed by atoms with van der Waals surface area (Å²) < 4.78 is 0. The van der Waals surface area contributed by atoms with Crippen molar-refractivity contribution < 1.29 is 4.79 Å². The summed E-state index contributed by atoms with van der Waals surface area (Å²) in [6.45, 7) is 9.24. The van der Waals surface area contributed by atoms with Crippen molar-refractivity contribution in [3.8, 4) is 0 Å². The molecular formula is C14H22ClN3O. The van der Waals surface area contributed by atoms with Crippen LogP contribution in [0.4, 0.5) is 5.82 Å². The van der Waals surface area contributed by atoms with E-state index in [0.717, 1.165) is 0 Å². The lowest BCUT2D eigenvalue weighted by molar-refractivity contribution is 0.0937. The predicted molar refractivity (Wildman–Crippen MR) is 79.7 cm³/mol. The predicted octanol–water partition coefficient (Wildman–Crippen LogP) is 3.19. The van der Waals surface area contributed by atoms with Gasteiger partial charge < -0.3 is 10.6 Å². The molecule has 1 unspecified atom stereocenters. The molecule has 2 N–H and O–H groups in total. The van der Waals surface area contributed by atoms with Crippen LogP contribution >= 0.6 is 11.6 Å². The fraction of sp³-hybridized carbons (Fsp3) is 0.571. The Bertz CT molecular complexity index is 454. The lowest BCUT2D eigenvalue weighted by Crippen LogP contribution is -2.33. The SMILES string of the molecule is CNc1cc(C(=O)NCC(C)C(C)(C)C)cc(Cl)n1. The molecule has 0 aromatic carbocycles. The number of pyridine rings is 1. The average Bonchev–Trinajstić information content (AvgIpc) is 2.33. The third kappa shape index (κ3) is 4.71. The van der Waals surface area contributed by atoms with E-state index in [1.165, 1.54) is 0 Å². The molecule has 0 saturated heterocycles. The van der Waals surface area contributed by atoms with Crippen molar-refractivity contribution >= 4 is 23.3 Å². The van der Waals surface area contributed by atoms with E-state index in [1.807, 2.05) is 0 Å². The second-order valence-corrected chi connectivity index (χ2v) is 6.18. The largest absolute Gasteiger partial charge is 0.373 e. The van der Waals surface area contributed by atoms with Gasteiger partial charge in [0, 0.05) is 19.2 Å². The number of hydrogen-bond donors (Lipinski definition) is 2. The molecule has 106 valence electrons. The van der Waals surface area contributed by atoms with Crippen LogP contribution in [0.5, 0.6) is 0 Å². The van der Waals surface area contributed by atoms with Crippen LogP contribution in [-0.4, -0.2) is 24.5 Å². The van der Waals surface area contributed by atoms with Crippen molar-refractivity contribution in [2.75, 3.05) is 18.9 Å². The first kappa shape index (κ1) is 15.8. The summed E-state index contributed by atoms with van der Waals surface area (Å²) in [6.07, 6.45) is 0. The molecule has 0 fully saturated rings. The van der Waals surface area contributed by atoms with Crippen molar-refractivity contribution in [3.05, 3.63) is 22.8 Å². The molecule has 1 rings (SSSR count). The summed E-state index contributed by atoms with van der Waals surface area (Å²) in [6, 6.07) is 3.25. The number of carbonyl (C=O) groups excluding carboxylic acids is 1. The van der Waals surface area contributed by atoms with Crippen LogP contribution in [0.2, 0.25) is 5.15 Å². The molecule has 0 aliphatic carbocycles.